The van der Waals surface area contributed by atoms with Gasteiger partial charge in [-0.25, -0.2) is 8.42 Å². The van der Waals surface area contributed by atoms with Crippen LogP contribution in [0.2, 0.25) is 0 Å². The molecule has 1 amide bonds. The smallest absolute Gasteiger partial charge is 0.243 e. The van der Waals surface area contributed by atoms with Gasteiger partial charge < -0.3 is 9.80 Å². The number of hydrogen-bond donors (Lipinski definition) is 0. The molecule has 7 heteroatoms. The Balaban J connectivity index is 1.73. The van der Waals surface area contributed by atoms with E-state index in [1.54, 1.807) is 6.07 Å². The third-order valence-electron chi connectivity index (χ3n) is 5.20. The molecule has 0 saturated carbocycles. The third kappa shape index (κ3) is 3.53. The van der Waals surface area contributed by atoms with E-state index in [0.29, 0.717) is 24.4 Å². The summed E-state index contributed by atoms with van der Waals surface area (Å²) in [6.45, 7) is 7.97. The van der Waals surface area contributed by atoms with Gasteiger partial charge in [-0.15, -0.1) is 0 Å². The molecule has 3 rings (SSSR count). The summed E-state index contributed by atoms with van der Waals surface area (Å²) in [5.74, 6) is 0.250. The molecule has 1 fully saturated rings. The number of nitrogens with zero attached hydrogens (tertiary/aromatic N) is 3. The van der Waals surface area contributed by atoms with Crippen LogP contribution >= 0.6 is 0 Å². The molecule has 6 nitrogen and oxygen atoms in total. The fraction of sp³-hybridized carbons (Fsp3) is 0.611. The van der Waals surface area contributed by atoms with Gasteiger partial charge >= 0.3 is 0 Å². The van der Waals surface area contributed by atoms with Crippen LogP contribution in [0.25, 0.3) is 0 Å². The van der Waals surface area contributed by atoms with Crippen LogP contribution in [-0.4, -0.2) is 62.8 Å². The fourth-order valence-corrected chi connectivity index (χ4v) is 5.24. The van der Waals surface area contributed by atoms with Crippen LogP contribution in [0.3, 0.4) is 0 Å². The molecule has 138 valence electrons. The standard InChI is InChI=1S/C18H27N3O3S/c1-3-21(4-2)25(23,24)16-7-8-17-15(14-16)9-11-19(17)12-13-20-10-5-6-18(20)22/h7-8,14H,3-6,9-13H2,1-2H3. The second-order valence-corrected chi connectivity index (χ2v) is 8.54. The van der Waals surface area contributed by atoms with E-state index in [1.165, 1.54) is 4.31 Å². The van der Waals surface area contributed by atoms with E-state index in [4.69, 9.17) is 0 Å². The lowest BCUT2D eigenvalue weighted by Gasteiger charge is -2.24. The van der Waals surface area contributed by atoms with Crippen molar-refractivity contribution in [3.63, 3.8) is 0 Å². The summed E-state index contributed by atoms with van der Waals surface area (Å²) in [5.41, 5.74) is 2.19. The first-order chi connectivity index (χ1) is 12.0. The average molecular weight is 365 g/mol. The second-order valence-electron chi connectivity index (χ2n) is 6.60. The highest BCUT2D eigenvalue weighted by molar-refractivity contribution is 7.89. The molecular formula is C18H27N3O3S. The molecule has 2 heterocycles. The van der Waals surface area contributed by atoms with Crippen LogP contribution in [0, 0.1) is 0 Å². The van der Waals surface area contributed by atoms with Gasteiger partial charge in [0.25, 0.3) is 0 Å². The van der Waals surface area contributed by atoms with Gasteiger partial charge in [0.15, 0.2) is 0 Å². The molecular weight excluding hydrogens is 338 g/mol. The Morgan fingerprint density at radius 3 is 2.40 bits per heavy atom. The number of carbonyl (C=O) groups excluding carboxylic acids is 1. The van der Waals surface area contributed by atoms with Crippen molar-refractivity contribution in [2.24, 2.45) is 0 Å². The summed E-state index contributed by atoms with van der Waals surface area (Å²) in [4.78, 5) is 16.3. The average Bonchev–Trinajstić information content (AvgIpc) is 3.19. The van der Waals surface area contributed by atoms with Gasteiger partial charge in [-0.2, -0.15) is 4.31 Å². The first-order valence-electron chi connectivity index (χ1n) is 9.13. The van der Waals surface area contributed by atoms with Crippen molar-refractivity contribution in [1.82, 2.24) is 9.21 Å². The maximum atomic E-state index is 12.7. The predicted molar refractivity (Wildman–Crippen MR) is 98.3 cm³/mol. The zero-order chi connectivity index (χ0) is 18.0. The normalized spacial score (nSPS) is 17.6. The number of likely N-dealkylation sites (tertiary alicyclic amines) is 1. The van der Waals surface area contributed by atoms with Crippen molar-refractivity contribution < 1.29 is 13.2 Å². The maximum Gasteiger partial charge on any atom is 0.243 e. The van der Waals surface area contributed by atoms with E-state index in [1.807, 2.05) is 30.9 Å². The molecule has 0 unspecified atom stereocenters. The van der Waals surface area contributed by atoms with Gasteiger partial charge in [-0.1, -0.05) is 13.8 Å². The van der Waals surface area contributed by atoms with E-state index in [9.17, 15) is 13.2 Å². The number of sulfonamides is 1. The van der Waals surface area contributed by atoms with Gasteiger partial charge in [0.2, 0.25) is 15.9 Å². The summed E-state index contributed by atoms with van der Waals surface area (Å²) in [7, 11) is -3.41. The minimum Gasteiger partial charge on any atom is -0.369 e. The number of anilines is 1. The molecule has 0 aliphatic carbocycles. The Morgan fingerprint density at radius 2 is 1.76 bits per heavy atom. The maximum absolute atomic E-state index is 12.7. The Morgan fingerprint density at radius 1 is 1.04 bits per heavy atom. The molecule has 0 spiro atoms. The Bertz CT molecular complexity index is 744. The molecule has 25 heavy (non-hydrogen) atoms. The highest BCUT2D eigenvalue weighted by atomic mass is 32.2. The van der Waals surface area contributed by atoms with Crippen molar-refractivity contribution in [2.75, 3.05) is 44.2 Å². The Hall–Kier alpha value is -1.60. The van der Waals surface area contributed by atoms with E-state index in [-0.39, 0.29) is 5.91 Å². The van der Waals surface area contributed by atoms with Crippen LogP contribution in [0.15, 0.2) is 23.1 Å². The fourth-order valence-electron chi connectivity index (χ4n) is 3.73. The molecule has 0 bridgehead atoms. The van der Waals surface area contributed by atoms with Crippen LogP contribution < -0.4 is 4.90 Å². The highest BCUT2D eigenvalue weighted by Gasteiger charge is 2.27. The number of fused-ring (bicyclic) bond motifs is 1. The molecule has 0 aromatic heterocycles. The molecule has 2 aliphatic rings. The van der Waals surface area contributed by atoms with Crippen molar-refractivity contribution in [2.45, 2.75) is 38.0 Å². The molecule has 2 aliphatic heterocycles. The SMILES string of the molecule is CCN(CC)S(=O)(=O)c1ccc2c(c1)CCN2CCN1CCCC1=O. The Kier molecular flexibility index (Phi) is 5.34. The first-order valence-corrected chi connectivity index (χ1v) is 10.6. The minimum atomic E-state index is -3.41. The van der Waals surface area contributed by atoms with Crippen LogP contribution in [0.4, 0.5) is 5.69 Å². The lowest BCUT2D eigenvalue weighted by atomic mass is 10.2. The molecule has 0 radical (unpaired) electrons. The van der Waals surface area contributed by atoms with Crippen molar-refractivity contribution in [3.8, 4) is 0 Å². The van der Waals surface area contributed by atoms with E-state index in [0.717, 1.165) is 50.3 Å². The number of rotatable bonds is 7. The quantitative estimate of drug-likeness (QED) is 0.738. The first kappa shape index (κ1) is 18.2. The lowest BCUT2D eigenvalue weighted by molar-refractivity contribution is -0.127. The Labute approximate surface area is 150 Å². The van der Waals surface area contributed by atoms with Crippen LogP contribution in [0.1, 0.15) is 32.3 Å². The van der Waals surface area contributed by atoms with Gasteiger partial charge in [0.05, 0.1) is 4.90 Å². The number of hydrogen-bond acceptors (Lipinski definition) is 4. The van der Waals surface area contributed by atoms with E-state index < -0.39 is 10.0 Å². The zero-order valence-electron chi connectivity index (χ0n) is 15.1. The second kappa shape index (κ2) is 7.33. The molecule has 0 N–H and O–H groups in total. The molecule has 1 aromatic carbocycles. The molecule has 0 atom stereocenters. The van der Waals surface area contributed by atoms with Crippen molar-refractivity contribution >= 4 is 21.6 Å². The topological polar surface area (TPSA) is 60.9 Å². The summed E-state index contributed by atoms with van der Waals surface area (Å²) < 4.78 is 26.8. The number of amides is 1. The van der Waals surface area contributed by atoms with Gasteiger partial charge in [0, 0.05) is 51.4 Å². The molecule has 1 saturated heterocycles. The zero-order valence-corrected chi connectivity index (χ0v) is 15.9. The largest absolute Gasteiger partial charge is 0.369 e. The number of benzene rings is 1. The van der Waals surface area contributed by atoms with Crippen LogP contribution in [0.5, 0.6) is 0 Å². The highest BCUT2D eigenvalue weighted by Crippen LogP contribution is 2.31. The van der Waals surface area contributed by atoms with E-state index in [2.05, 4.69) is 4.90 Å². The lowest BCUT2D eigenvalue weighted by Crippen LogP contribution is -2.35. The summed E-state index contributed by atoms with van der Waals surface area (Å²) in [6, 6.07) is 5.46. The monoisotopic (exact) mass is 365 g/mol. The van der Waals surface area contributed by atoms with Crippen molar-refractivity contribution in [3.05, 3.63) is 23.8 Å². The van der Waals surface area contributed by atoms with Gasteiger partial charge in [-0.05, 0) is 36.6 Å². The summed E-state index contributed by atoms with van der Waals surface area (Å²) in [6.07, 6.45) is 2.48. The summed E-state index contributed by atoms with van der Waals surface area (Å²) in [5, 5.41) is 0. The van der Waals surface area contributed by atoms with E-state index >= 15 is 0 Å². The van der Waals surface area contributed by atoms with Gasteiger partial charge in [-0.3, -0.25) is 4.79 Å². The third-order valence-corrected chi connectivity index (χ3v) is 7.24. The van der Waals surface area contributed by atoms with Crippen molar-refractivity contribution in [1.29, 1.82) is 0 Å². The molecule has 1 aromatic rings. The minimum absolute atomic E-state index is 0.250. The summed E-state index contributed by atoms with van der Waals surface area (Å²) >= 11 is 0. The van der Waals surface area contributed by atoms with Gasteiger partial charge in [0.1, 0.15) is 0 Å². The predicted octanol–water partition coefficient (Wildman–Crippen LogP) is 1.70. The van der Waals surface area contributed by atoms with Crippen LogP contribution in [-0.2, 0) is 21.2 Å². The number of carbonyl (C=O) groups is 1.